The van der Waals surface area contributed by atoms with Crippen molar-refractivity contribution in [1.82, 2.24) is 10.2 Å². The van der Waals surface area contributed by atoms with Gasteiger partial charge in [0.2, 0.25) is 0 Å². The van der Waals surface area contributed by atoms with E-state index in [0.29, 0.717) is 23.8 Å². The van der Waals surface area contributed by atoms with Gasteiger partial charge in [-0.25, -0.2) is 0 Å². The van der Waals surface area contributed by atoms with Crippen molar-refractivity contribution in [2.45, 2.75) is 19.4 Å². The zero-order valence-corrected chi connectivity index (χ0v) is 14.3. The lowest BCUT2D eigenvalue weighted by Crippen LogP contribution is -2.55. The van der Waals surface area contributed by atoms with E-state index in [4.69, 9.17) is 4.42 Å². The van der Waals surface area contributed by atoms with Gasteiger partial charge < -0.3 is 9.73 Å². The lowest BCUT2D eigenvalue weighted by Gasteiger charge is -2.40. The number of nitrogens with zero attached hydrogens (tertiary/aromatic N) is 1. The summed E-state index contributed by atoms with van der Waals surface area (Å²) in [7, 11) is -0.691. The molecule has 0 unspecified atom stereocenters. The highest BCUT2D eigenvalue weighted by Crippen LogP contribution is 2.20. The molecule has 0 saturated carbocycles. The second kappa shape index (κ2) is 6.45. The van der Waals surface area contributed by atoms with Crippen LogP contribution in [-0.2, 0) is 10.8 Å². The highest BCUT2D eigenvalue weighted by Gasteiger charge is 2.30. The predicted octanol–water partition coefficient (Wildman–Crippen LogP) is 2.01. The molecule has 0 spiro atoms. The normalized spacial score (nSPS) is 17.5. The monoisotopic (exact) mass is 334 g/mol. The number of nitrogens with one attached hydrogen (secondary N) is 1. The first-order chi connectivity index (χ1) is 11.0. The van der Waals surface area contributed by atoms with Gasteiger partial charge in [0, 0.05) is 52.9 Å². The molecule has 23 heavy (non-hydrogen) atoms. The topological polar surface area (TPSA) is 62.6 Å². The van der Waals surface area contributed by atoms with E-state index in [2.05, 4.69) is 24.1 Å². The minimum Gasteiger partial charge on any atom is -0.451 e. The molecule has 1 aromatic heterocycles. The quantitative estimate of drug-likeness (QED) is 0.929. The first-order valence-corrected chi connectivity index (χ1v) is 9.31. The van der Waals surface area contributed by atoms with Crippen molar-refractivity contribution in [3.63, 3.8) is 0 Å². The van der Waals surface area contributed by atoms with E-state index in [9.17, 15) is 9.00 Å². The first kappa shape index (κ1) is 16.2. The number of benzene rings is 1. The maximum Gasteiger partial charge on any atom is 0.287 e. The minimum absolute atomic E-state index is 0.174. The highest BCUT2D eigenvalue weighted by atomic mass is 32.2. The summed E-state index contributed by atoms with van der Waals surface area (Å²) in [5.41, 5.74) is 0.544. The Morgan fingerprint density at radius 1 is 1.30 bits per heavy atom. The van der Waals surface area contributed by atoms with Crippen LogP contribution in [0.25, 0.3) is 11.0 Å². The number of amides is 1. The number of carbonyl (C=O) groups excluding carboxylic acids is 1. The van der Waals surface area contributed by atoms with Crippen LogP contribution < -0.4 is 5.32 Å². The molecule has 0 radical (unpaired) electrons. The van der Waals surface area contributed by atoms with Crippen LogP contribution in [0.5, 0.6) is 0 Å². The van der Waals surface area contributed by atoms with Gasteiger partial charge in [-0.2, -0.15) is 0 Å². The van der Waals surface area contributed by atoms with Gasteiger partial charge >= 0.3 is 0 Å². The van der Waals surface area contributed by atoms with E-state index < -0.39 is 10.8 Å². The molecule has 1 saturated heterocycles. The van der Waals surface area contributed by atoms with E-state index in [1.54, 1.807) is 6.07 Å². The number of fused-ring (bicyclic) bond motifs is 1. The number of hydrogen-bond donors (Lipinski definition) is 1. The minimum atomic E-state index is -0.691. The molecule has 1 aromatic carbocycles. The van der Waals surface area contributed by atoms with E-state index >= 15 is 0 Å². The predicted molar refractivity (Wildman–Crippen MR) is 92.1 cm³/mol. The number of para-hydroxylation sites is 1. The van der Waals surface area contributed by atoms with E-state index in [1.807, 2.05) is 24.3 Å². The summed E-state index contributed by atoms with van der Waals surface area (Å²) in [5, 5.41) is 3.88. The molecule has 0 atom stereocenters. The molecule has 3 rings (SSSR count). The summed E-state index contributed by atoms with van der Waals surface area (Å²) >= 11 is 0. The molecule has 6 heteroatoms. The third kappa shape index (κ3) is 3.64. The van der Waals surface area contributed by atoms with Crippen LogP contribution in [0.4, 0.5) is 0 Å². The van der Waals surface area contributed by atoms with Crippen molar-refractivity contribution in [2.24, 2.45) is 0 Å². The summed E-state index contributed by atoms with van der Waals surface area (Å²) in [5.74, 6) is 1.55. The maximum atomic E-state index is 12.3. The Balaban J connectivity index is 1.62. The summed E-state index contributed by atoms with van der Waals surface area (Å²) in [4.78, 5) is 14.6. The Labute approximate surface area is 138 Å². The SMILES string of the molecule is CC(C)(CNC(=O)c1cc2ccccc2o1)N1CCS(=O)CC1. The molecular formula is C17H22N2O3S. The highest BCUT2D eigenvalue weighted by molar-refractivity contribution is 7.85. The van der Waals surface area contributed by atoms with Crippen molar-refractivity contribution in [3.05, 3.63) is 36.1 Å². The van der Waals surface area contributed by atoms with Gasteiger partial charge in [-0.15, -0.1) is 0 Å². The number of furan rings is 1. The molecule has 124 valence electrons. The van der Waals surface area contributed by atoms with Crippen LogP contribution in [0.3, 0.4) is 0 Å². The second-order valence-electron chi connectivity index (χ2n) is 6.48. The van der Waals surface area contributed by atoms with Gasteiger partial charge in [0.25, 0.3) is 5.91 Å². The lowest BCUT2D eigenvalue weighted by atomic mass is 10.0. The van der Waals surface area contributed by atoms with Crippen LogP contribution in [0.2, 0.25) is 0 Å². The molecule has 2 aromatic rings. The zero-order valence-electron chi connectivity index (χ0n) is 13.5. The Hall–Kier alpha value is -1.66. The fraction of sp³-hybridized carbons (Fsp3) is 0.471. The Kier molecular flexibility index (Phi) is 4.55. The molecule has 1 aliphatic rings. The third-order valence-electron chi connectivity index (χ3n) is 4.36. The standard InChI is InChI=1S/C17H22N2O3S/c1-17(2,19-7-9-23(21)10-8-19)12-18-16(20)15-11-13-5-3-4-6-14(13)22-15/h3-6,11H,7-10,12H2,1-2H3,(H,18,20). The summed E-state index contributed by atoms with van der Waals surface area (Å²) in [6, 6.07) is 9.35. The smallest absolute Gasteiger partial charge is 0.287 e. The maximum absolute atomic E-state index is 12.3. The van der Waals surface area contributed by atoms with Gasteiger partial charge in [-0.05, 0) is 26.0 Å². The van der Waals surface area contributed by atoms with Crippen molar-refractivity contribution >= 4 is 27.7 Å². The van der Waals surface area contributed by atoms with Gasteiger partial charge in [0.15, 0.2) is 5.76 Å². The molecule has 1 N–H and O–H groups in total. The summed E-state index contributed by atoms with van der Waals surface area (Å²) < 4.78 is 17.1. The number of carbonyl (C=O) groups is 1. The van der Waals surface area contributed by atoms with Crippen molar-refractivity contribution in [2.75, 3.05) is 31.1 Å². The van der Waals surface area contributed by atoms with Crippen molar-refractivity contribution in [1.29, 1.82) is 0 Å². The third-order valence-corrected chi connectivity index (χ3v) is 5.64. The van der Waals surface area contributed by atoms with Crippen molar-refractivity contribution in [3.8, 4) is 0 Å². The molecule has 1 aliphatic heterocycles. The molecule has 0 bridgehead atoms. The molecule has 1 amide bonds. The summed E-state index contributed by atoms with van der Waals surface area (Å²) in [6.45, 7) is 6.33. The van der Waals surface area contributed by atoms with Gasteiger partial charge in [0.1, 0.15) is 5.58 Å². The average Bonchev–Trinajstić information content (AvgIpc) is 2.97. The van der Waals surface area contributed by atoms with Gasteiger partial charge in [-0.1, -0.05) is 18.2 Å². The molecule has 0 aliphatic carbocycles. The molecular weight excluding hydrogens is 312 g/mol. The van der Waals surface area contributed by atoms with Gasteiger partial charge in [-0.3, -0.25) is 13.9 Å². The lowest BCUT2D eigenvalue weighted by molar-refractivity contribution is 0.0859. The molecule has 2 heterocycles. The van der Waals surface area contributed by atoms with E-state index in [0.717, 1.165) is 24.1 Å². The van der Waals surface area contributed by atoms with E-state index in [1.165, 1.54) is 0 Å². The van der Waals surface area contributed by atoms with Crippen LogP contribution in [0.1, 0.15) is 24.4 Å². The number of hydrogen-bond acceptors (Lipinski definition) is 4. The van der Waals surface area contributed by atoms with Crippen LogP contribution in [0.15, 0.2) is 34.7 Å². The fourth-order valence-electron chi connectivity index (χ4n) is 2.83. The van der Waals surface area contributed by atoms with Gasteiger partial charge in [0.05, 0.1) is 0 Å². The largest absolute Gasteiger partial charge is 0.451 e. The Morgan fingerprint density at radius 3 is 2.70 bits per heavy atom. The average molecular weight is 334 g/mol. The first-order valence-electron chi connectivity index (χ1n) is 7.82. The summed E-state index contributed by atoms with van der Waals surface area (Å²) in [6.07, 6.45) is 0. The Bertz CT molecular complexity index is 695. The Morgan fingerprint density at radius 2 is 2.00 bits per heavy atom. The second-order valence-corrected chi connectivity index (χ2v) is 8.17. The van der Waals surface area contributed by atoms with E-state index in [-0.39, 0.29) is 11.4 Å². The van der Waals surface area contributed by atoms with Crippen LogP contribution in [-0.4, -0.2) is 51.7 Å². The van der Waals surface area contributed by atoms with Crippen molar-refractivity contribution < 1.29 is 13.4 Å². The molecule has 5 nitrogen and oxygen atoms in total. The number of rotatable bonds is 4. The van der Waals surface area contributed by atoms with Crippen LogP contribution >= 0.6 is 0 Å². The molecule has 1 fully saturated rings. The van der Waals surface area contributed by atoms with Crippen LogP contribution in [0, 0.1) is 0 Å². The fourth-order valence-corrected chi connectivity index (χ4v) is 3.88. The zero-order chi connectivity index (χ0) is 16.4.